The molecule has 0 bridgehead atoms. The lowest BCUT2D eigenvalue weighted by atomic mass is 10.5. The van der Waals surface area contributed by atoms with E-state index in [9.17, 15) is 0 Å². The van der Waals surface area contributed by atoms with Crippen molar-refractivity contribution >= 4 is 11.3 Å². The summed E-state index contributed by atoms with van der Waals surface area (Å²) in [7, 11) is 0. The van der Waals surface area contributed by atoms with Gasteiger partial charge in [-0.1, -0.05) is 0 Å². The molecule has 0 amide bonds. The molecule has 0 fully saturated rings. The molecule has 14 heavy (non-hydrogen) atoms. The number of nitrogens with two attached hydrogens (primary N) is 1. The van der Waals surface area contributed by atoms with Gasteiger partial charge in [0.05, 0.1) is 11.9 Å². The van der Waals surface area contributed by atoms with E-state index in [2.05, 4.69) is 24.0 Å². The van der Waals surface area contributed by atoms with Crippen molar-refractivity contribution in [3.05, 3.63) is 18.6 Å². The van der Waals surface area contributed by atoms with Crippen molar-refractivity contribution in [2.24, 2.45) is 0 Å². The van der Waals surface area contributed by atoms with E-state index in [4.69, 9.17) is 5.73 Å². The van der Waals surface area contributed by atoms with Crippen LogP contribution in [0.2, 0.25) is 0 Å². The van der Waals surface area contributed by atoms with E-state index in [1.807, 2.05) is 17.1 Å². The predicted octanol–water partition coefficient (Wildman–Crippen LogP) is 0.696. The van der Waals surface area contributed by atoms with Gasteiger partial charge in [0.25, 0.3) is 0 Å². The molecule has 5 heteroatoms. The zero-order chi connectivity index (χ0) is 10.1. The summed E-state index contributed by atoms with van der Waals surface area (Å²) >= 11 is 0. The molecule has 0 aliphatic heterocycles. The lowest BCUT2D eigenvalue weighted by Gasteiger charge is -2.22. The van der Waals surface area contributed by atoms with Crippen molar-refractivity contribution in [3.8, 4) is 0 Å². The average Bonchev–Trinajstić information content (AvgIpc) is 2.74. The van der Waals surface area contributed by atoms with E-state index >= 15 is 0 Å². The summed E-state index contributed by atoms with van der Waals surface area (Å²) in [5.74, 6) is 0. The fourth-order valence-corrected chi connectivity index (χ4v) is 1.67. The number of rotatable bonds is 3. The topological polar surface area (TPSA) is 51.5 Å². The minimum absolute atomic E-state index is 0.710. The van der Waals surface area contributed by atoms with Crippen molar-refractivity contribution in [2.45, 2.75) is 13.8 Å². The van der Waals surface area contributed by atoms with Crippen LogP contribution < -0.4 is 10.7 Å². The van der Waals surface area contributed by atoms with Crippen molar-refractivity contribution < 1.29 is 0 Å². The largest absolute Gasteiger partial charge is 0.394 e. The Kier molecular flexibility index (Phi) is 2.07. The van der Waals surface area contributed by atoms with Crippen LogP contribution in [0.25, 0.3) is 5.65 Å². The van der Waals surface area contributed by atoms with Gasteiger partial charge in [0.2, 0.25) is 0 Å². The van der Waals surface area contributed by atoms with Crippen LogP contribution in [0.3, 0.4) is 0 Å². The highest BCUT2D eigenvalue weighted by Gasteiger charge is 2.09. The second-order valence-electron chi connectivity index (χ2n) is 3.15. The van der Waals surface area contributed by atoms with E-state index in [1.165, 1.54) is 0 Å². The average molecular weight is 193 g/mol. The van der Waals surface area contributed by atoms with Gasteiger partial charge in [-0.2, -0.15) is 5.10 Å². The Morgan fingerprint density at radius 2 is 2.07 bits per heavy atom. The number of hydrogen-bond acceptors (Lipinski definition) is 3. The second-order valence-corrected chi connectivity index (χ2v) is 3.15. The quantitative estimate of drug-likeness (QED) is 0.780. The molecule has 0 saturated heterocycles. The first kappa shape index (κ1) is 8.93. The molecule has 0 unspecified atom stereocenters. The smallest absolute Gasteiger partial charge is 0.177 e. The van der Waals surface area contributed by atoms with Gasteiger partial charge >= 0.3 is 0 Å². The minimum Gasteiger partial charge on any atom is -0.394 e. The van der Waals surface area contributed by atoms with Crippen LogP contribution in [0.4, 0.5) is 5.69 Å². The SMILES string of the molecule is CCN(CC)n1ccn2ncc(N)c12. The molecular formula is C9H15N5. The Morgan fingerprint density at radius 3 is 2.71 bits per heavy atom. The van der Waals surface area contributed by atoms with E-state index in [1.54, 1.807) is 10.7 Å². The monoisotopic (exact) mass is 193 g/mol. The predicted molar refractivity (Wildman–Crippen MR) is 56.9 cm³/mol. The van der Waals surface area contributed by atoms with Crippen LogP contribution in [0, 0.1) is 0 Å². The van der Waals surface area contributed by atoms with Crippen LogP contribution in [-0.2, 0) is 0 Å². The minimum atomic E-state index is 0.710. The third kappa shape index (κ3) is 1.13. The Hall–Kier alpha value is -1.65. The Labute approximate surface area is 82.7 Å². The molecule has 0 atom stereocenters. The molecule has 2 aromatic rings. The number of fused-ring (bicyclic) bond motifs is 1. The zero-order valence-corrected chi connectivity index (χ0v) is 8.51. The van der Waals surface area contributed by atoms with E-state index < -0.39 is 0 Å². The molecule has 5 nitrogen and oxygen atoms in total. The first-order valence-electron chi connectivity index (χ1n) is 4.83. The standard InChI is InChI=1S/C9H15N5/c1-3-12(4-2)14-6-5-13-9(14)8(10)7-11-13/h5-7H,3-4,10H2,1-2H3. The molecule has 2 heterocycles. The molecule has 0 spiro atoms. The first-order valence-corrected chi connectivity index (χ1v) is 4.83. The number of nitrogen functional groups attached to an aromatic ring is 1. The molecule has 0 radical (unpaired) electrons. The van der Waals surface area contributed by atoms with Crippen molar-refractivity contribution in [1.82, 2.24) is 14.3 Å². The molecule has 0 aliphatic rings. The Morgan fingerprint density at radius 1 is 1.36 bits per heavy atom. The molecule has 76 valence electrons. The molecule has 0 aromatic carbocycles. The van der Waals surface area contributed by atoms with Crippen LogP contribution in [0.5, 0.6) is 0 Å². The third-order valence-electron chi connectivity index (χ3n) is 2.40. The lowest BCUT2D eigenvalue weighted by Crippen LogP contribution is -2.33. The number of hydrogen-bond donors (Lipinski definition) is 1. The highest BCUT2D eigenvalue weighted by atomic mass is 15.6. The van der Waals surface area contributed by atoms with Gasteiger partial charge in [-0.15, -0.1) is 0 Å². The zero-order valence-electron chi connectivity index (χ0n) is 8.51. The molecule has 0 saturated carbocycles. The van der Waals surface area contributed by atoms with Crippen LogP contribution >= 0.6 is 0 Å². The maximum atomic E-state index is 5.84. The molecule has 2 N–H and O–H groups in total. The first-order chi connectivity index (χ1) is 6.77. The fourth-order valence-electron chi connectivity index (χ4n) is 1.67. The Balaban J connectivity index is 2.55. The van der Waals surface area contributed by atoms with Gasteiger partial charge in [0, 0.05) is 25.5 Å². The normalized spacial score (nSPS) is 11.0. The summed E-state index contributed by atoms with van der Waals surface area (Å²) in [4.78, 5) is 0. The second kappa shape index (κ2) is 3.25. The molecule has 0 aliphatic carbocycles. The summed E-state index contributed by atoms with van der Waals surface area (Å²) < 4.78 is 3.83. The number of anilines is 1. The summed E-state index contributed by atoms with van der Waals surface area (Å²) in [6.07, 6.45) is 5.56. The van der Waals surface area contributed by atoms with Crippen molar-refractivity contribution in [3.63, 3.8) is 0 Å². The van der Waals surface area contributed by atoms with Crippen molar-refractivity contribution in [2.75, 3.05) is 23.8 Å². The van der Waals surface area contributed by atoms with Crippen LogP contribution in [0.15, 0.2) is 18.6 Å². The van der Waals surface area contributed by atoms with Gasteiger partial charge in [0.1, 0.15) is 0 Å². The van der Waals surface area contributed by atoms with E-state index in [0.29, 0.717) is 5.69 Å². The van der Waals surface area contributed by atoms with E-state index in [-0.39, 0.29) is 0 Å². The highest BCUT2D eigenvalue weighted by Crippen LogP contribution is 2.13. The van der Waals surface area contributed by atoms with Gasteiger partial charge in [0.15, 0.2) is 5.65 Å². The van der Waals surface area contributed by atoms with Gasteiger partial charge in [-0.3, -0.25) is 0 Å². The molecule has 2 aromatic heterocycles. The number of aromatic nitrogens is 3. The van der Waals surface area contributed by atoms with Crippen LogP contribution in [-0.4, -0.2) is 27.4 Å². The summed E-state index contributed by atoms with van der Waals surface area (Å²) in [5.41, 5.74) is 7.49. The summed E-state index contributed by atoms with van der Waals surface area (Å²) in [6, 6.07) is 0. The summed E-state index contributed by atoms with van der Waals surface area (Å²) in [6.45, 7) is 6.13. The highest BCUT2D eigenvalue weighted by molar-refractivity contribution is 5.64. The maximum absolute atomic E-state index is 5.84. The molecular weight excluding hydrogens is 178 g/mol. The number of imidazole rings is 1. The summed E-state index contributed by atoms with van der Waals surface area (Å²) in [5, 5.41) is 6.32. The van der Waals surface area contributed by atoms with Gasteiger partial charge in [-0.25, -0.2) is 9.19 Å². The van der Waals surface area contributed by atoms with Crippen molar-refractivity contribution in [1.29, 1.82) is 0 Å². The lowest BCUT2D eigenvalue weighted by molar-refractivity contribution is 0.636. The van der Waals surface area contributed by atoms with Gasteiger partial charge in [-0.05, 0) is 13.8 Å². The Bertz CT molecular complexity index is 423. The van der Waals surface area contributed by atoms with E-state index in [0.717, 1.165) is 18.7 Å². The van der Waals surface area contributed by atoms with Crippen LogP contribution in [0.1, 0.15) is 13.8 Å². The molecule has 2 rings (SSSR count). The maximum Gasteiger partial charge on any atom is 0.177 e. The number of nitrogens with zero attached hydrogens (tertiary/aromatic N) is 4. The third-order valence-corrected chi connectivity index (χ3v) is 2.40. The fraction of sp³-hybridized carbons (Fsp3) is 0.444. The van der Waals surface area contributed by atoms with Gasteiger partial charge < -0.3 is 10.7 Å².